The molecule has 0 saturated carbocycles. The van der Waals surface area contributed by atoms with Crippen LogP contribution in [-0.4, -0.2) is 47.0 Å². The van der Waals surface area contributed by atoms with E-state index in [9.17, 15) is 17.6 Å². The first-order chi connectivity index (χ1) is 9.89. The highest BCUT2D eigenvalue weighted by Gasteiger charge is 2.40. The molecule has 0 aliphatic carbocycles. The van der Waals surface area contributed by atoms with Crippen LogP contribution < -0.4 is 15.4 Å². The zero-order valence-electron chi connectivity index (χ0n) is 11.7. The van der Waals surface area contributed by atoms with Crippen molar-refractivity contribution < 1.29 is 22.3 Å². The fraction of sp³-hybridized carbons (Fsp3) is 0.727. The van der Waals surface area contributed by atoms with Crippen LogP contribution in [0.4, 0.5) is 29.5 Å². The maximum absolute atomic E-state index is 12.9. The Morgan fingerprint density at radius 3 is 2.24 bits per heavy atom. The number of nitrogens with zero attached hydrogens (tertiary/aromatic N) is 3. The van der Waals surface area contributed by atoms with E-state index in [1.165, 1.54) is 0 Å². The summed E-state index contributed by atoms with van der Waals surface area (Å²) in [6.07, 6.45) is -3.06. The van der Waals surface area contributed by atoms with Gasteiger partial charge in [0.05, 0.1) is 13.2 Å². The Morgan fingerprint density at radius 1 is 1.10 bits per heavy atom. The van der Waals surface area contributed by atoms with Crippen molar-refractivity contribution in [2.45, 2.75) is 32.6 Å². The summed E-state index contributed by atoms with van der Waals surface area (Å²) in [7, 11) is 0. The van der Waals surface area contributed by atoms with Crippen LogP contribution in [0.5, 0.6) is 6.01 Å². The zero-order chi connectivity index (χ0) is 15.9. The Bertz CT molecular complexity index is 447. The molecule has 1 rings (SSSR count). The minimum Gasteiger partial charge on any atom is -0.463 e. The van der Waals surface area contributed by atoms with E-state index in [1.54, 1.807) is 6.92 Å². The number of alkyl halides is 4. The van der Waals surface area contributed by atoms with E-state index >= 15 is 0 Å². The van der Waals surface area contributed by atoms with Crippen molar-refractivity contribution >= 4 is 11.9 Å². The van der Waals surface area contributed by atoms with Crippen LogP contribution in [0.25, 0.3) is 0 Å². The van der Waals surface area contributed by atoms with Gasteiger partial charge < -0.3 is 15.4 Å². The third-order valence-corrected chi connectivity index (χ3v) is 2.19. The number of nitrogens with one attached hydrogen (secondary N) is 2. The smallest absolute Gasteiger partial charge is 0.324 e. The fourth-order valence-electron chi connectivity index (χ4n) is 1.20. The Morgan fingerprint density at radius 2 is 1.71 bits per heavy atom. The molecule has 0 bridgehead atoms. The summed E-state index contributed by atoms with van der Waals surface area (Å²) in [6.45, 7) is 3.20. The fourth-order valence-corrected chi connectivity index (χ4v) is 1.20. The quantitative estimate of drug-likeness (QED) is 0.682. The van der Waals surface area contributed by atoms with Gasteiger partial charge in [-0.15, -0.1) is 0 Å². The average molecular weight is 311 g/mol. The molecule has 1 aromatic rings. The van der Waals surface area contributed by atoms with Gasteiger partial charge in [0.2, 0.25) is 11.9 Å². The first-order valence-corrected chi connectivity index (χ1v) is 6.41. The molecule has 0 saturated heterocycles. The second-order valence-electron chi connectivity index (χ2n) is 4.06. The monoisotopic (exact) mass is 311 g/mol. The average Bonchev–Trinajstić information content (AvgIpc) is 2.43. The highest BCUT2D eigenvalue weighted by Crippen LogP contribution is 2.23. The number of rotatable bonds is 9. The largest absolute Gasteiger partial charge is 0.463 e. The predicted octanol–water partition coefficient (Wildman–Crippen LogP) is 2.40. The summed E-state index contributed by atoms with van der Waals surface area (Å²) < 4.78 is 55.1. The SMILES string of the molecule is CCCOc1nc(NCC)nc(NCC(F)(F)C(F)F)n1. The molecular weight excluding hydrogens is 294 g/mol. The molecule has 10 heteroatoms. The molecule has 0 aliphatic rings. The van der Waals surface area contributed by atoms with Crippen LogP contribution >= 0.6 is 0 Å². The molecule has 21 heavy (non-hydrogen) atoms. The Hall–Kier alpha value is -1.87. The van der Waals surface area contributed by atoms with Gasteiger partial charge in [0, 0.05) is 6.54 Å². The number of hydrogen-bond acceptors (Lipinski definition) is 6. The van der Waals surface area contributed by atoms with Crippen molar-refractivity contribution in [3.63, 3.8) is 0 Å². The second kappa shape index (κ2) is 7.79. The highest BCUT2D eigenvalue weighted by atomic mass is 19.3. The summed E-state index contributed by atoms with van der Waals surface area (Å²) in [5.41, 5.74) is 0. The van der Waals surface area contributed by atoms with Crippen molar-refractivity contribution in [3.05, 3.63) is 0 Å². The van der Waals surface area contributed by atoms with Gasteiger partial charge in [-0.25, -0.2) is 8.78 Å². The molecule has 0 spiro atoms. The predicted molar refractivity (Wildman–Crippen MR) is 69.2 cm³/mol. The zero-order valence-corrected chi connectivity index (χ0v) is 11.7. The molecular formula is C11H17F4N5O. The summed E-state index contributed by atoms with van der Waals surface area (Å²) in [5.74, 6) is -4.32. The van der Waals surface area contributed by atoms with Crippen LogP contribution in [-0.2, 0) is 0 Å². The number of hydrogen-bond donors (Lipinski definition) is 2. The molecule has 1 heterocycles. The minimum atomic E-state index is -4.17. The summed E-state index contributed by atoms with van der Waals surface area (Å²) in [5, 5.41) is 4.84. The van der Waals surface area contributed by atoms with Crippen LogP contribution in [0.3, 0.4) is 0 Å². The molecule has 0 unspecified atom stereocenters. The van der Waals surface area contributed by atoms with Gasteiger partial charge >= 0.3 is 18.4 Å². The molecule has 120 valence electrons. The van der Waals surface area contributed by atoms with Crippen molar-refractivity contribution in [1.29, 1.82) is 0 Å². The number of ether oxygens (including phenoxy) is 1. The van der Waals surface area contributed by atoms with Crippen LogP contribution in [0.15, 0.2) is 0 Å². The summed E-state index contributed by atoms with van der Waals surface area (Å²) >= 11 is 0. The lowest BCUT2D eigenvalue weighted by molar-refractivity contribution is -0.117. The molecule has 0 atom stereocenters. The van der Waals surface area contributed by atoms with Crippen LogP contribution in [0, 0.1) is 0 Å². The third kappa shape index (κ3) is 5.56. The first-order valence-electron chi connectivity index (χ1n) is 6.41. The Kier molecular flexibility index (Phi) is 6.38. The summed E-state index contributed by atoms with van der Waals surface area (Å²) in [4.78, 5) is 11.4. The van der Waals surface area contributed by atoms with Crippen LogP contribution in [0.2, 0.25) is 0 Å². The Labute approximate surface area is 119 Å². The molecule has 0 radical (unpaired) electrons. The van der Waals surface area contributed by atoms with Gasteiger partial charge in [-0.05, 0) is 13.3 Å². The molecule has 0 aromatic carbocycles. The van der Waals surface area contributed by atoms with E-state index in [0.29, 0.717) is 19.6 Å². The van der Waals surface area contributed by atoms with E-state index < -0.39 is 18.9 Å². The van der Waals surface area contributed by atoms with Gasteiger partial charge in [-0.3, -0.25) is 0 Å². The maximum atomic E-state index is 12.9. The third-order valence-electron chi connectivity index (χ3n) is 2.19. The lowest BCUT2D eigenvalue weighted by Gasteiger charge is -2.16. The highest BCUT2D eigenvalue weighted by molar-refractivity contribution is 5.36. The number of halogens is 4. The number of aromatic nitrogens is 3. The maximum Gasteiger partial charge on any atom is 0.324 e. The molecule has 0 aliphatic heterocycles. The topological polar surface area (TPSA) is 72.0 Å². The van der Waals surface area contributed by atoms with E-state index in [1.807, 2.05) is 6.92 Å². The lowest BCUT2D eigenvalue weighted by atomic mass is 10.3. The Balaban J connectivity index is 2.82. The molecule has 6 nitrogen and oxygen atoms in total. The van der Waals surface area contributed by atoms with Crippen molar-refractivity contribution in [2.24, 2.45) is 0 Å². The van der Waals surface area contributed by atoms with E-state index in [-0.39, 0.29) is 17.9 Å². The molecule has 0 fully saturated rings. The van der Waals surface area contributed by atoms with E-state index in [4.69, 9.17) is 4.74 Å². The van der Waals surface area contributed by atoms with Gasteiger partial charge in [0.1, 0.15) is 0 Å². The van der Waals surface area contributed by atoms with E-state index in [2.05, 4.69) is 25.6 Å². The normalized spacial score (nSPS) is 11.6. The van der Waals surface area contributed by atoms with Gasteiger partial charge in [-0.1, -0.05) is 6.92 Å². The minimum absolute atomic E-state index is 0.0642. The van der Waals surface area contributed by atoms with Crippen molar-refractivity contribution in [1.82, 2.24) is 15.0 Å². The number of anilines is 2. The molecule has 2 N–H and O–H groups in total. The lowest BCUT2D eigenvalue weighted by Crippen LogP contribution is -2.35. The first kappa shape index (κ1) is 17.2. The van der Waals surface area contributed by atoms with Crippen LogP contribution in [0.1, 0.15) is 20.3 Å². The van der Waals surface area contributed by atoms with Gasteiger partial charge in [0.25, 0.3) is 0 Å². The molecule has 0 amide bonds. The molecule has 1 aromatic heterocycles. The van der Waals surface area contributed by atoms with Crippen molar-refractivity contribution in [3.8, 4) is 6.01 Å². The van der Waals surface area contributed by atoms with E-state index in [0.717, 1.165) is 0 Å². The standard InChI is InChI=1S/C11H17F4N5O/c1-3-5-21-10-19-8(16-4-2)18-9(20-10)17-6-11(14,15)7(12)13/h7H,3-6H2,1-2H3,(H2,16,17,18,19,20). The van der Waals surface area contributed by atoms with Gasteiger partial charge in [-0.2, -0.15) is 23.7 Å². The summed E-state index contributed by atoms with van der Waals surface area (Å²) in [6, 6.07) is -0.0642. The van der Waals surface area contributed by atoms with Gasteiger partial charge in [0.15, 0.2) is 0 Å². The van der Waals surface area contributed by atoms with Crippen molar-refractivity contribution in [2.75, 3.05) is 30.3 Å². The second-order valence-corrected chi connectivity index (χ2v) is 4.06.